The van der Waals surface area contributed by atoms with Crippen LogP contribution in [0.1, 0.15) is 32.8 Å². The molecule has 1 aliphatic rings. The van der Waals surface area contributed by atoms with Crippen LogP contribution in [0.5, 0.6) is 0 Å². The summed E-state index contributed by atoms with van der Waals surface area (Å²) in [7, 11) is 0. The van der Waals surface area contributed by atoms with Crippen molar-refractivity contribution in [3.8, 4) is 0 Å². The van der Waals surface area contributed by atoms with Crippen LogP contribution in [0.15, 0.2) is 42.0 Å². The average Bonchev–Trinajstić information content (AvgIpc) is 2.29. The van der Waals surface area contributed by atoms with Gasteiger partial charge in [0.2, 0.25) is 0 Å². The number of benzene rings is 1. The lowest BCUT2D eigenvalue weighted by atomic mass is 9.83. The van der Waals surface area contributed by atoms with Gasteiger partial charge in [0.15, 0.2) is 0 Å². The van der Waals surface area contributed by atoms with Gasteiger partial charge in [-0.25, -0.2) is 4.79 Å². The predicted octanol–water partition coefficient (Wildman–Crippen LogP) is 3.43. The number of carbonyl (C=O) groups excluding carboxylic acids is 1. The van der Waals surface area contributed by atoms with Crippen LogP contribution in [0.4, 0.5) is 0 Å². The van der Waals surface area contributed by atoms with Gasteiger partial charge in [-0.3, -0.25) is 0 Å². The molecule has 1 heterocycles. The Labute approximate surface area is 102 Å². The van der Waals surface area contributed by atoms with Gasteiger partial charge in [-0.1, -0.05) is 49.8 Å². The predicted molar refractivity (Wildman–Crippen MR) is 67.4 cm³/mol. The Morgan fingerprint density at radius 3 is 2.47 bits per heavy atom. The highest BCUT2D eigenvalue weighted by atomic mass is 16.6. The fourth-order valence-corrected chi connectivity index (χ4v) is 2.20. The topological polar surface area (TPSA) is 26.3 Å². The molecule has 90 valence electrons. The Kier molecular flexibility index (Phi) is 3.05. The van der Waals surface area contributed by atoms with Crippen molar-refractivity contribution in [3.63, 3.8) is 0 Å². The number of hydrogen-bond acceptors (Lipinski definition) is 2. The largest absolute Gasteiger partial charge is 0.451 e. The molecule has 0 radical (unpaired) electrons. The Morgan fingerprint density at radius 1 is 1.24 bits per heavy atom. The van der Waals surface area contributed by atoms with Crippen LogP contribution in [-0.2, 0) is 15.1 Å². The maximum Gasteiger partial charge on any atom is 0.331 e. The molecule has 1 atom stereocenters. The Hall–Kier alpha value is -1.57. The van der Waals surface area contributed by atoms with Crippen molar-refractivity contribution in [2.75, 3.05) is 0 Å². The number of hydrogen-bond donors (Lipinski definition) is 0. The first-order valence-electron chi connectivity index (χ1n) is 6.00. The molecule has 17 heavy (non-hydrogen) atoms. The van der Waals surface area contributed by atoms with Crippen LogP contribution in [0.25, 0.3) is 0 Å². The molecular formula is C15H18O2. The lowest BCUT2D eigenvalue weighted by Crippen LogP contribution is -2.33. The van der Waals surface area contributed by atoms with Crippen LogP contribution in [0, 0.1) is 5.92 Å². The van der Waals surface area contributed by atoms with Gasteiger partial charge in [0, 0.05) is 12.5 Å². The summed E-state index contributed by atoms with van der Waals surface area (Å²) in [6, 6.07) is 9.94. The summed E-state index contributed by atoms with van der Waals surface area (Å²) < 4.78 is 5.52. The van der Waals surface area contributed by atoms with E-state index in [0.717, 1.165) is 17.6 Å². The third-order valence-electron chi connectivity index (χ3n) is 3.30. The first-order chi connectivity index (χ1) is 8.01. The summed E-state index contributed by atoms with van der Waals surface area (Å²) in [4.78, 5) is 11.7. The molecule has 0 saturated heterocycles. The minimum atomic E-state index is -0.521. The van der Waals surface area contributed by atoms with Crippen LogP contribution in [0.3, 0.4) is 0 Å². The molecule has 2 heteroatoms. The number of ether oxygens (including phenoxy) is 1. The number of cyclic esters (lactones) is 1. The van der Waals surface area contributed by atoms with Gasteiger partial charge in [0.05, 0.1) is 0 Å². The normalized spacial score (nSPS) is 24.5. The standard InChI is InChI=1S/C15H18O2/c1-11(2)12-9-14(16)17-15(3,10-12)13-7-5-4-6-8-13/h4-9,11H,10H2,1-3H3/t15-/m0/s1. The number of rotatable bonds is 2. The highest BCUT2D eigenvalue weighted by Gasteiger charge is 2.35. The first kappa shape index (κ1) is 11.9. The highest BCUT2D eigenvalue weighted by molar-refractivity contribution is 5.84. The van der Waals surface area contributed by atoms with E-state index in [1.807, 2.05) is 37.3 Å². The van der Waals surface area contributed by atoms with Crippen LogP contribution < -0.4 is 0 Å². The molecule has 1 aromatic carbocycles. The van der Waals surface area contributed by atoms with Gasteiger partial charge in [-0.2, -0.15) is 0 Å². The monoisotopic (exact) mass is 230 g/mol. The molecule has 0 aromatic heterocycles. The van der Waals surface area contributed by atoms with E-state index in [1.54, 1.807) is 6.08 Å². The fourth-order valence-electron chi connectivity index (χ4n) is 2.20. The van der Waals surface area contributed by atoms with Gasteiger partial charge in [0.1, 0.15) is 5.60 Å². The van der Waals surface area contributed by atoms with E-state index in [0.29, 0.717) is 5.92 Å². The lowest BCUT2D eigenvalue weighted by molar-refractivity contribution is -0.155. The smallest absolute Gasteiger partial charge is 0.331 e. The molecule has 0 amide bonds. The van der Waals surface area contributed by atoms with Gasteiger partial charge in [-0.15, -0.1) is 0 Å². The molecule has 0 aliphatic carbocycles. The number of esters is 1. The summed E-state index contributed by atoms with van der Waals surface area (Å²) in [6.45, 7) is 6.20. The van der Waals surface area contributed by atoms with Crippen LogP contribution >= 0.6 is 0 Å². The summed E-state index contributed by atoms with van der Waals surface area (Å²) >= 11 is 0. The molecule has 0 spiro atoms. The Balaban J connectivity index is 2.35. The molecule has 1 aromatic rings. The van der Waals surface area contributed by atoms with Crippen molar-refractivity contribution in [1.29, 1.82) is 0 Å². The molecule has 2 nitrogen and oxygen atoms in total. The van der Waals surface area contributed by atoms with Crippen molar-refractivity contribution in [2.24, 2.45) is 5.92 Å². The summed E-state index contributed by atoms with van der Waals surface area (Å²) in [5.74, 6) is 0.150. The van der Waals surface area contributed by atoms with Gasteiger partial charge >= 0.3 is 5.97 Å². The maximum atomic E-state index is 11.7. The van der Waals surface area contributed by atoms with E-state index in [4.69, 9.17) is 4.74 Å². The van der Waals surface area contributed by atoms with Crippen molar-refractivity contribution in [2.45, 2.75) is 32.8 Å². The van der Waals surface area contributed by atoms with Crippen LogP contribution in [0.2, 0.25) is 0 Å². The SMILES string of the molecule is CC(C)C1=CC(=O)O[C@](C)(c2ccccc2)C1. The van der Waals surface area contributed by atoms with Gasteiger partial charge in [0.25, 0.3) is 0 Å². The second-order valence-electron chi connectivity index (χ2n) is 5.07. The second-order valence-corrected chi connectivity index (χ2v) is 5.07. The molecule has 1 aliphatic heterocycles. The molecule has 0 N–H and O–H groups in total. The molecule has 0 fully saturated rings. The van der Waals surface area contributed by atoms with Crippen molar-refractivity contribution in [1.82, 2.24) is 0 Å². The maximum absolute atomic E-state index is 11.7. The zero-order valence-electron chi connectivity index (χ0n) is 10.6. The minimum absolute atomic E-state index is 0.230. The quantitative estimate of drug-likeness (QED) is 0.727. The van der Waals surface area contributed by atoms with E-state index in [1.165, 1.54) is 0 Å². The third kappa shape index (κ3) is 2.41. The number of carbonyl (C=O) groups is 1. The average molecular weight is 230 g/mol. The lowest BCUT2D eigenvalue weighted by Gasteiger charge is -2.35. The summed E-state index contributed by atoms with van der Waals surface area (Å²) in [6.07, 6.45) is 2.41. The van der Waals surface area contributed by atoms with Crippen molar-refractivity contribution >= 4 is 5.97 Å². The zero-order valence-corrected chi connectivity index (χ0v) is 10.6. The van der Waals surface area contributed by atoms with Crippen molar-refractivity contribution in [3.05, 3.63) is 47.5 Å². The van der Waals surface area contributed by atoms with Crippen LogP contribution in [-0.4, -0.2) is 5.97 Å². The van der Waals surface area contributed by atoms with Crippen molar-refractivity contribution < 1.29 is 9.53 Å². The second kappa shape index (κ2) is 4.36. The van der Waals surface area contributed by atoms with Gasteiger partial charge < -0.3 is 4.74 Å². The fraction of sp³-hybridized carbons (Fsp3) is 0.400. The highest BCUT2D eigenvalue weighted by Crippen LogP contribution is 2.37. The minimum Gasteiger partial charge on any atom is -0.451 e. The third-order valence-corrected chi connectivity index (χ3v) is 3.30. The van der Waals surface area contributed by atoms with Gasteiger partial charge in [-0.05, 0) is 18.4 Å². The summed E-state index contributed by atoms with van der Waals surface area (Å²) in [5, 5.41) is 0. The first-order valence-corrected chi connectivity index (χ1v) is 6.00. The molecular weight excluding hydrogens is 212 g/mol. The molecule has 0 saturated carbocycles. The Morgan fingerprint density at radius 2 is 1.88 bits per heavy atom. The van der Waals surface area contributed by atoms with E-state index in [9.17, 15) is 4.79 Å². The summed E-state index contributed by atoms with van der Waals surface area (Å²) in [5.41, 5.74) is 1.69. The Bertz CT molecular complexity index is 445. The molecule has 0 unspecified atom stereocenters. The van der Waals surface area contributed by atoms with E-state index < -0.39 is 5.60 Å². The zero-order chi connectivity index (χ0) is 12.5. The molecule has 2 rings (SSSR count). The van der Waals surface area contributed by atoms with E-state index in [-0.39, 0.29) is 5.97 Å². The molecule has 0 bridgehead atoms. The van der Waals surface area contributed by atoms with E-state index >= 15 is 0 Å². The van der Waals surface area contributed by atoms with E-state index in [2.05, 4.69) is 13.8 Å².